The van der Waals surface area contributed by atoms with Crippen molar-refractivity contribution in [2.45, 2.75) is 45.0 Å². The molecule has 1 N–H and O–H groups in total. The van der Waals surface area contributed by atoms with Crippen LogP contribution in [0.5, 0.6) is 0 Å². The molecule has 1 atom stereocenters. The molecule has 2 rings (SSSR count). The van der Waals surface area contributed by atoms with Crippen LogP contribution in [0.15, 0.2) is 42.5 Å². The Balaban J connectivity index is 2.10. The molecule has 0 aromatic heterocycles. The van der Waals surface area contributed by atoms with Crippen molar-refractivity contribution in [3.63, 3.8) is 0 Å². The Bertz CT molecular complexity index is 878. The van der Waals surface area contributed by atoms with Crippen molar-refractivity contribution in [1.29, 1.82) is 0 Å². The number of hydrogen-bond acceptors (Lipinski definition) is 3. The van der Waals surface area contributed by atoms with Gasteiger partial charge in [0.1, 0.15) is 6.04 Å². The van der Waals surface area contributed by atoms with Crippen molar-refractivity contribution in [3.8, 4) is 0 Å². The maximum atomic E-state index is 13.2. The minimum atomic E-state index is -0.527. The molecule has 4 nitrogen and oxygen atoms in total. The van der Waals surface area contributed by atoms with Crippen LogP contribution in [0.1, 0.15) is 37.8 Å². The maximum absolute atomic E-state index is 13.2. The lowest BCUT2D eigenvalue weighted by Crippen LogP contribution is -2.49. The van der Waals surface area contributed by atoms with E-state index in [4.69, 9.17) is 34.8 Å². The van der Waals surface area contributed by atoms with E-state index < -0.39 is 6.04 Å². The van der Waals surface area contributed by atoms with Gasteiger partial charge < -0.3 is 10.2 Å². The molecule has 0 radical (unpaired) electrons. The zero-order chi connectivity index (χ0) is 22.8. The Morgan fingerprint density at radius 1 is 1.00 bits per heavy atom. The van der Waals surface area contributed by atoms with Crippen LogP contribution in [0.4, 0.5) is 0 Å². The first-order valence-corrected chi connectivity index (χ1v) is 12.5. The number of halogens is 3. The first kappa shape index (κ1) is 25.9. The Hall–Kier alpha value is -1.40. The molecule has 1 unspecified atom stereocenters. The second-order valence-corrected chi connectivity index (χ2v) is 9.34. The Labute approximate surface area is 203 Å². The van der Waals surface area contributed by atoms with Crippen LogP contribution in [0.2, 0.25) is 15.1 Å². The number of nitrogens with one attached hydrogen (secondary N) is 1. The number of benzene rings is 2. The molecule has 0 spiro atoms. The second kappa shape index (κ2) is 13.2. The average molecular weight is 502 g/mol. The van der Waals surface area contributed by atoms with E-state index in [0.29, 0.717) is 40.3 Å². The number of thioether (sulfide) groups is 1. The van der Waals surface area contributed by atoms with E-state index in [2.05, 4.69) is 5.32 Å². The van der Waals surface area contributed by atoms with Crippen LogP contribution in [-0.2, 0) is 21.9 Å². The highest BCUT2D eigenvalue weighted by atomic mass is 35.5. The number of nitrogens with zero attached hydrogens (tertiary/aromatic N) is 1. The molecule has 31 heavy (non-hydrogen) atoms. The van der Waals surface area contributed by atoms with E-state index >= 15 is 0 Å². The highest BCUT2D eigenvalue weighted by Gasteiger charge is 2.28. The quantitative estimate of drug-likeness (QED) is 0.398. The van der Waals surface area contributed by atoms with E-state index in [1.54, 1.807) is 29.2 Å². The Morgan fingerprint density at radius 2 is 1.68 bits per heavy atom. The topological polar surface area (TPSA) is 49.4 Å². The van der Waals surface area contributed by atoms with Crippen molar-refractivity contribution in [2.24, 2.45) is 0 Å². The number of amides is 2. The van der Waals surface area contributed by atoms with E-state index in [0.717, 1.165) is 17.5 Å². The molecule has 0 saturated heterocycles. The van der Waals surface area contributed by atoms with Crippen molar-refractivity contribution in [2.75, 3.05) is 12.3 Å². The van der Waals surface area contributed by atoms with E-state index in [-0.39, 0.29) is 17.6 Å². The van der Waals surface area contributed by atoms with Gasteiger partial charge in [-0.2, -0.15) is 0 Å². The summed E-state index contributed by atoms with van der Waals surface area (Å²) in [5, 5.41) is 4.55. The lowest BCUT2D eigenvalue weighted by molar-refractivity contribution is -0.139. The normalized spacial score (nSPS) is 11.8. The van der Waals surface area contributed by atoms with Gasteiger partial charge >= 0.3 is 0 Å². The molecule has 0 aliphatic heterocycles. The largest absolute Gasteiger partial charge is 0.354 e. The monoisotopic (exact) mass is 500 g/mol. The fourth-order valence-electron chi connectivity index (χ4n) is 3.04. The number of carbonyl (C=O) groups excluding carboxylic acids is 2. The molecular formula is C23H27Cl3N2O2S. The minimum Gasteiger partial charge on any atom is -0.354 e. The minimum absolute atomic E-state index is 0.0847. The fraction of sp³-hybridized carbons (Fsp3) is 0.391. The first-order valence-electron chi connectivity index (χ1n) is 10.2. The van der Waals surface area contributed by atoms with Crippen LogP contribution in [0, 0.1) is 0 Å². The first-order chi connectivity index (χ1) is 14.8. The molecule has 0 aliphatic rings. The van der Waals surface area contributed by atoms with Crippen molar-refractivity contribution < 1.29 is 9.59 Å². The summed E-state index contributed by atoms with van der Waals surface area (Å²) in [7, 11) is 0. The molecule has 2 amide bonds. The molecule has 0 fully saturated rings. The third-order valence-electron chi connectivity index (χ3n) is 4.68. The van der Waals surface area contributed by atoms with Gasteiger partial charge in [-0.05, 0) is 48.2 Å². The zero-order valence-electron chi connectivity index (χ0n) is 17.7. The lowest BCUT2D eigenvalue weighted by Gasteiger charge is -2.30. The molecular weight excluding hydrogens is 475 g/mol. The molecule has 2 aromatic carbocycles. The van der Waals surface area contributed by atoms with Crippen LogP contribution >= 0.6 is 46.6 Å². The summed E-state index contributed by atoms with van der Waals surface area (Å²) in [6, 6.07) is 12.3. The molecule has 8 heteroatoms. The van der Waals surface area contributed by atoms with E-state index in [1.165, 1.54) is 11.8 Å². The third-order valence-corrected chi connectivity index (χ3v) is 6.66. The van der Waals surface area contributed by atoms with Gasteiger partial charge in [0.2, 0.25) is 11.8 Å². The van der Waals surface area contributed by atoms with E-state index in [9.17, 15) is 9.59 Å². The third kappa shape index (κ3) is 8.23. The number of hydrogen-bond donors (Lipinski definition) is 1. The summed E-state index contributed by atoms with van der Waals surface area (Å²) in [5.74, 6) is 0.668. The molecule has 2 aromatic rings. The summed E-state index contributed by atoms with van der Waals surface area (Å²) >= 11 is 19.5. The van der Waals surface area contributed by atoms with Gasteiger partial charge in [-0.25, -0.2) is 0 Å². The van der Waals surface area contributed by atoms with Crippen LogP contribution in [0.25, 0.3) is 0 Å². The number of carbonyl (C=O) groups is 2. The van der Waals surface area contributed by atoms with Gasteiger partial charge in [0.15, 0.2) is 0 Å². The van der Waals surface area contributed by atoms with E-state index in [1.807, 2.05) is 32.0 Å². The second-order valence-electron chi connectivity index (χ2n) is 7.10. The van der Waals surface area contributed by atoms with Crippen molar-refractivity contribution in [1.82, 2.24) is 10.2 Å². The lowest BCUT2D eigenvalue weighted by atomic mass is 10.1. The van der Waals surface area contributed by atoms with Crippen LogP contribution in [0.3, 0.4) is 0 Å². The maximum Gasteiger partial charge on any atom is 0.242 e. The smallest absolute Gasteiger partial charge is 0.242 e. The zero-order valence-corrected chi connectivity index (χ0v) is 20.8. The van der Waals surface area contributed by atoms with Gasteiger partial charge in [-0.15, -0.1) is 11.8 Å². The van der Waals surface area contributed by atoms with Gasteiger partial charge in [-0.3, -0.25) is 9.59 Å². The van der Waals surface area contributed by atoms with Crippen LogP contribution < -0.4 is 5.32 Å². The number of rotatable bonds is 11. The molecule has 0 aliphatic carbocycles. The molecule has 168 valence electrons. The molecule has 0 saturated carbocycles. The fourth-order valence-corrected chi connectivity index (χ4v) is 4.34. The SMILES string of the molecule is CCCNC(=O)C(CC)N(Cc1ccc(Cl)cc1)C(=O)CSCc1ccc(Cl)c(Cl)c1. The highest BCUT2D eigenvalue weighted by molar-refractivity contribution is 7.99. The van der Waals surface area contributed by atoms with Gasteiger partial charge in [0.25, 0.3) is 0 Å². The Morgan fingerprint density at radius 3 is 2.29 bits per heavy atom. The Kier molecular flexibility index (Phi) is 11.0. The summed E-state index contributed by atoms with van der Waals surface area (Å²) in [5.41, 5.74) is 1.91. The molecule has 0 heterocycles. The van der Waals surface area contributed by atoms with Crippen molar-refractivity contribution in [3.05, 3.63) is 68.7 Å². The summed E-state index contributed by atoms with van der Waals surface area (Å²) in [4.78, 5) is 27.5. The van der Waals surface area contributed by atoms with Gasteiger partial charge in [0.05, 0.1) is 15.8 Å². The molecule has 0 bridgehead atoms. The van der Waals surface area contributed by atoms with Gasteiger partial charge in [-0.1, -0.05) is 66.8 Å². The van der Waals surface area contributed by atoms with Crippen LogP contribution in [-0.4, -0.2) is 35.1 Å². The predicted molar refractivity (Wildman–Crippen MR) is 132 cm³/mol. The highest BCUT2D eigenvalue weighted by Crippen LogP contribution is 2.25. The van der Waals surface area contributed by atoms with Gasteiger partial charge in [0, 0.05) is 23.9 Å². The standard InChI is InChI=1S/C23H27Cl3N2O2S/c1-3-11-27-23(30)21(4-2)28(13-16-5-8-18(24)9-6-16)22(29)15-31-14-17-7-10-19(25)20(26)12-17/h5-10,12,21H,3-4,11,13-15H2,1-2H3,(H,27,30). The summed E-state index contributed by atoms with van der Waals surface area (Å²) in [6.07, 6.45) is 1.37. The van der Waals surface area contributed by atoms with Crippen molar-refractivity contribution >= 4 is 58.4 Å². The summed E-state index contributed by atoms with van der Waals surface area (Å²) < 4.78 is 0. The predicted octanol–water partition coefficient (Wildman–Crippen LogP) is 6.21. The summed E-state index contributed by atoms with van der Waals surface area (Å²) in [6.45, 7) is 4.85. The average Bonchev–Trinajstić information content (AvgIpc) is 2.75.